The Kier molecular flexibility index (Phi) is 7.71. The van der Waals surface area contributed by atoms with Crippen LogP contribution in [0.3, 0.4) is 0 Å². The van der Waals surface area contributed by atoms with Gasteiger partial charge in [-0.2, -0.15) is 0 Å². The Morgan fingerprint density at radius 1 is 1.32 bits per heavy atom. The number of cyclic esters (lactones) is 1. The van der Waals surface area contributed by atoms with Crippen LogP contribution in [-0.4, -0.2) is 29.5 Å². The zero-order chi connectivity index (χ0) is 18.1. The lowest BCUT2D eigenvalue weighted by Crippen LogP contribution is -2.43. The van der Waals surface area contributed by atoms with Crippen LogP contribution >= 0.6 is 0 Å². The Labute approximate surface area is 150 Å². The molecule has 0 saturated carbocycles. The fraction of sp³-hybridized carbons (Fsp3) is 0.524. The van der Waals surface area contributed by atoms with Gasteiger partial charge >= 0.3 is 6.09 Å². The molecular formula is C21H29NO3. The summed E-state index contributed by atoms with van der Waals surface area (Å²) in [5.74, 6) is -0.293. The van der Waals surface area contributed by atoms with E-state index in [0.29, 0.717) is 12.8 Å². The maximum atomic E-state index is 13.0. The van der Waals surface area contributed by atoms with Crippen molar-refractivity contribution in [2.24, 2.45) is 5.92 Å². The van der Waals surface area contributed by atoms with Gasteiger partial charge in [-0.3, -0.25) is 4.79 Å². The quantitative estimate of drug-likeness (QED) is 0.455. The fourth-order valence-electron chi connectivity index (χ4n) is 3.32. The molecule has 0 aliphatic carbocycles. The second-order valence-corrected chi connectivity index (χ2v) is 6.70. The number of unbranched alkanes of at least 4 members (excludes halogenated alkanes) is 3. The number of hydrogen-bond acceptors (Lipinski definition) is 3. The number of nitrogens with zero attached hydrogens (tertiary/aromatic N) is 1. The molecule has 136 valence electrons. The summed E-state index contributed by atoms with van der Waals surface area (Å²) in [5, 5.41) is 0. The van der Waals surface area contributed by atoms with Crippen LogP contribution < -0.4 is 0 Å². The minimum atomic E-state index is -0.506. The molecule has 0 radical (unpaired) electrons. The maximum absolute atomic E-state index is 13.0. The van der Waals surface area contributed by atoms with Gasteiger partial charge in [-0.1, -0.05) is 69.0 Å². The minimum absolute atomic E-state index is 0.111. The average Bonchev–Trinajstić information content (AvgIpc) is 2.98. The Balaban J connectivity index is 2.03. The number of allylic oxidation sites excluding steroid dienone is 1. The van der Waals surface area contributed by atoms with Gasteiger partial charge in [-0.05, 0) is 24.8 Å². The van der Waals surface area contributed by atoms with E-state index < -0.39 is 6.09 Å². The van der Waals surface area contributed by atoms with Gasteiger partial charge in [0.1, 0.15) is 6.61 Å². The first-order chi connectivity index (χ1) is 12.2. The van der Waals surface area contributed by atoms with Crippen LogP contribution in [0.25, 0.3) is 0 Å². The summed E-state index contributed by atoms with van der Waals surface area (Å²) < 4.78 is 5.18. The number of rotatable bonds is 10. The highest BCUT2D eigenvalue weighted by Crippen LogP contribution is 2.24. The summed E-state index contributed by atoms with van der Waals surface area (Å²) in [7, 11) is 0. The Bertz CT molecular complexity index is 570. The highest BCUT2D eigenvalue weighted by molar-refractivity contribution is 5.94. The topological polar surface area (TPSA) is 46.6 Å². The molecule has 0 N–H and O–H groups in total. The van der Waals surface area contributed by atoms with Gasteiger partial charge in [0, 0.05) is 5.92 Å². The molecular weight excluding hydrogens is 314 g/mol. The molecule has 1 fully saturated rings. The van der Waals surface area contributed by atoms with Crippen molar-refractivity contribution in [3.63, 3.8) is 0 Å². The molecule has 4 heteroatoms. The molecule has 1 aliphatic rings. The molecule has 1 aromatic carbocycles. The van der Waals surface area contributed by atoms with Gasteiger partial charge in [-0.15, -0.1) is 6.58 Å². The zero-order valence-corrected chi connectivity index (χ0v) is 15.2. The molecule has 1 aromatic rings. The van der Waals surface area contributed by atoms with Gasteiger partial charge in [-0.25, -0.2) is 9.69 Å². The van der Waals surface area contributed by atoms with Gasteiger partial charge in [0.05, 0.1) is 6.04 Å². The standard InChI is InChI=1S/C21H29NO3/c1-3-5-6-10-14-18(11-4-2)20(23)22-19(16-25-21(22)24)15-17-12-8-7-9-13-17/h4,7-9,12-13,18-19H,2-3,5-6,10-11,14-16H2,1H3/t18-,19?/m0/s1. The third-order valence-corrected chi connectivity index (χ3v) is 4.72. The highest BCUT2D eigenvalue weighted by atomic mass is 16.6. The predicted molar refractivity (Wildman–Crippen MR) is 99.2 cm³/mol. The molecule has 25 heavy (non-hydrogen) atoms. The van der Waals surface area contributed by atoms with Crippen LogP contribution in [0.1, 0.15) is 51.0 Å². The van der Waals surface area contributed by atoms with Gasteiger partial charge < -0.3 is 4.74 Å². The number of ether oxygens (including phenoxy) is 1. The first-order valence-electron chi connectivity index (χ1n) is 9.32. The summed E-state index contributed by atoms with van der Waals surface area (Å²) in [5.41, 5.74) is 1.10. The highest BCUT2D eigenvalue weighted by Gasteiger charge is 2.40. The Morgan fingerprint density at radius 3 is 2.76 bits per heavy atom. The molecule has 1 heterocycles. The number of imide groups is 1. The van der Waals surface area contributed by atoms with Crippen LogP contribution in [0.4, 0.5) is 4.79 Å². The van der Waals surface area contributed by atoms with Crippen LogP contribution in [-0.2, 0) is 16.0 Å². The third kappa shape index (κ3) is 5.45. The molecule has 2 rings (SSSR count). The van der Waals surface area contributed by atoms with Crippen LogP contribution in [0, 0.1) is 5.92 Å². The molecule has 2 atom stereocenters. The van der Waals surface area contributed by atoms with Crippen molar-refractivity contribution < 1.29 is 14.3 Å². The largest absolute Gasteiger partial charge is 0.447 e. The van der Waals surface area contributed by atoms with Crippen LogP contribution in [0.2, 0.25) is 0 Å². The molecule has 0 spiro atoms. The Hall–Kier alpha value is -2.10. The molecule has 1 aliphatic heterocycles. The van der Waals surface area contributed by atoms with Crippen molar-refractivity contribution >= 4 is 12.0 Å². The van der Waals surface area contributed by atoms with Crippen molar-refractivity contribution in [1.29, 1.82) is 0 Å². The van der Waals surface area contributed by atoms with Gasteiger partial charge in [0.15, 0.2) is 0 Å². The predicted octanol–water partition coefficient (Wildman–Crippen LogP) is 4.74. The monoisotopic (exact) mass is 343 g/mol. The van der Waals surface area contributed by atoms with E-state index in [1.807, 2.05) is 30.3 Å². The normalized spacial score (nSPS) is 18.0. The van der Waals surface area contributed by atoms with E-state index in [0.717, 1.165) is 31.2 Å². The SMILES string of the molecule is C=CC[C@@H](CCCCCC)C(=O)N1C(=O)OCC1Cc1ccccc1. The fourth-order valence-corrected chi connectivity index (χ4v) is 3.32. The summed E-state index contributed by atoms with van der Waals surface area (Å²) in [6, 6.07) is 9.69. The van der Waals surface area contributed by atoms with E-state index in [9.17, 15) is 9.59 Å². The van der Waals surface area contributed by atoms with Crippen molar-refractivity contribution in [1.82, 2.24) is 4.90 Å². The van der Waals surface area contributed by atoms with E-state index >= 15 is 0 Å². The number of benzene rings is 1. The van der Waals surface area contributed by atoms with E-state index in [4.69, 9.17) is 4.74 Å². The lowest BCUT2D eigenvalue weighted by molar-refractivity contribution is -0.133. The van der Waals surface area contributed by atoms with Gasteiger partial charge in [0.25, 0.3) is 0 Å². The first kappa shape index (κ1) is 19.2. The van der Waals surface area contributed by atoms with Crippen LogP contribution in [0.5, 0.6) is 0 Å². The van der Waals surface area contributed by atoms with Crippen molar-refractivity contribution in [2.45, 2.75) is 57.9 Å². The number of amides is 2. The number of hydrogen-bond donors (Lipinski definition) is 0. The molecule has 1 unspecified atom stereocenters. The first-order valence-corrected chi connectivity index (χ1v) is 9.32. The summed E-state index contributed by atoms with van der Waals surface area (Å²) in [4.78, 5) is 26.5. The third-order valence-electron chi connectivity index (χ3n) is 4.72. The summed E-state index contributed by atoms with van der Waals surface area (Å²) in [6.07, 6.45) is 7.77. The second-order valence-electron chi connectivity index (χ2n) is 6.70. The van der Waals surface area contributed by atoms with Crippen molar-refractivity contribution in [3.8, 4) is 0 Å². The number of carbonyl (C=O) groups is 2. The van der Waals surface area contributed by atoms with Crippen LogP contribution in [0.15, 0.2) is 43.0 Å². The average molecular weight is 343 g/mol. The zero-order valence-electron chi connectivity index (χ0n) is 15.2. The molecule has 4 nitrogen and oxygen atoms in total. The Morgan fingerprint density at radius 2 is 2.08 bits per heavy atom. The molecule has 0 aromatic heterocycles. The van der Waals surface area contributed by atoms with E-state index in [-0.39, 0.29) is 24.5 Å². The molecule has 0 bridgehead atoms. The van der Waals surface area contributed by atoms with Crippen molar-refractivity contribution in [2.75, 3.05) is 6.61 Å². The minimum Gasteiger partial charge on any atom is -0.447 e. The number of carbonyl (C=O) groups excluding carboxylic acids is 2. The smallest absolute Gasteiger partial charge is 0.416 e. The molecule has 2 amide bonds. The van der Waals surface area contributed by atoms with Gasteiger partial charge in [0.2, 0.25) is 5.91 Å². The lowest BCUT2D eigenvalue weighted by Gasteiger charge is -2.24. The van der Waals surface area contributed by atoms with Crippen molar-refractivity contribution in [3.05, 3.63) is 48.6 Å². The van der Waals surface area contributed by atoms with E-state index in [1.165, 1.54) is 11.3 Å². The summed E-state index contributed by atoms with van der Waals surface area (Å²) >= 11 is 0. The second kappa shape index (κ2) is 10.0. The molecule has 1 saturated heterocycles. The van der Waals surface area contributed by atoms with E-state index in [2.05, 4.69) is 13.5 Å². The van der Waals surface area contributed by atoms with E-state index in [1.54, 1.807) is 6.08 Å². The summed E-state index contributed by atoms with van der Waals surface area (Å²) in [6.45, 7) is 6.21. The maximum Gasteiger partial charge on any atom is 0.416 e. The lowest BCUT2D eigenvalue weighted by atomic mass is 9.95.